The van der Waals surface area contributed by atoms with Crippen LogP contribution in [0.5, 0.6) is 0 Å². The Kier molecular flexibility index (Phi) is 6.66. The summed E-state index contributed by atoms with van der Waals surface area (Å²) in [6, 6.07) is 6.16. The summed E-state index contributed by atoms with van der Waals surface area (Å²) in [7, 11) is 0. The number of anilines is 1. The van der Waals surface area contributed by atoms with Crippen molar-refractivity contribution in [3.05, 3.63) is 82.5 Å². The number of hydrogen-bond donors (Lipinski definition) is 2. The Hall–Kier alpha value is -3.30. The normalized spacial score (nSPS) is 12.9. The molecule has 1 unspecified atom stereocenters. The molecule has 35 heavy (non-hydrogen) atoms. The molecule has 0 aliphatic heterocycles. The number of pyridine rings is 1. The van der Waals surface area contributed by atoms with Gasteiger partial charge in [-0.1, -0.05) is 29.8 Å². The van der Waals surface area contributed by atoms with Gasteiger partial charge in [0.25, 0.3) is 6.43 Å². The number of fused-ring (bicyclic) bond motifs is 1. The molecular formula is C25H21ClF4N4O. The van der Waals surface area contributed by atoms with Crippen molar-refractivity contribution < 1.29 is 22.7 Å². The summed E-state index contributed by atoms with van der Waals surface area (Å²) >= 11 is 6.43. The van der Waals surface area contributed by atoms with Gasteiger partial charge in [-0.25, -0.2) is 32.5 Å². The van der Waals surface area contributed by atoms with Crippen molar-refractivity contribution in [2.45, 2.75) is 38.8 Å². The molecule has 2 N–H and O–H groups in total. The molecule has 0 saturated carbocycles. The van der Waals surface area contributed by atoms with Crippen molar-refractivity contribution in [2.24, 2.45) is 0 Å². The van der Waals surface area contributed by atoms with Crippen LogP contribution in [0.3, 0.4) is 0 Å². The second-order valence-electron chi connectivity index (χ2n) is 8.57. The van der Waals surface area contributed by atoms with E-state index in [0.717, 1.165) is 6.07 Å². The van der Waals surface area contributed by atoms with E-state index < -0.39 is 29.7 Å². The largest absolute Gasteiger partial charge is 0.382 e. The number of nitrogens with one attached hydrogen (secondary N) is 1. The van der Waals surface area contributed by atoms with Crippen molar-refractivity contribution in [2.75, 3.05) is 5.32 Å². The van der Waals surface area contributed by atoms with Gasteiger partial charge in [-0.15, -0.1) is 0 Å². The van der Waals surface area contributed by atoms with E-state index in [1.807, 2.05) is 0 Å². The van der Waals surface area contributed by atoms with Crippen LogP contribution in [0.4, 0.5) is 23.2 Å². The van der Waals surface area contributed by atoms with Crippen molar-refractivity contribution >= 4 is 28.2 Å². The lowest BCUT2D eigenvalue weighted by atomic mass is 10.0. The lowest BCUT2D eigenvalue weighted by Crippen LogP contribution is -2.21. The molecule has 0 bridgehead atoms. The minimum absolute atomic E-state index is 0.00232. The van der Waals surface area contributed by atoms with Gasteiger partial charge in [0.2, 0.25) is 0 Å². The minimum atomic E-state index is -3.00. The number of nitrogens with zero attached hydrogens (tertiary/aromatic N) is 3. The smallest absolute Gasteiger partial charge is 0.262 e. The van der Waals surface area contributed by atoms with Crippen LogP contribution in [-0.2, 0) is 5.60 Å². The average Bonchev–Trinajstić information content (AvgIpc) is 2.80. The van der Waals surface area contributed by atoms with Crippen LogP contribution >= 0.6 is 11.6 Å². The molecule has 0 radical (unpaired) electrons. The lowest BCUT2D eigenvalue weighted by molar-refractivity contribution is 0.0687. The van der Waals surface area contributed by atoms with Crippen LogP contribution in [0.25, 0.3) is 22.0 Å². The second kappa shape index (κ2) is 9.39. The maximum absolute atomic E-state index is 15.2. The Bertz CT molecular complexity index is 1390. The number of benzene rings is 2. The molecule has 1 atom stereocenters. The van der Waals surface area contributed by atoms with Crippen LogP contribution in [-0.4, -0.2) is 26.5 Å². The summed E-state index contributed by atoms with van der Waals surface area (Å²) in [6.07, 6.45) is -0.167. The van der Waals surface area contributed by atoms with Gasteiger partial charge in [0.15, 0.2) is 5.82 Å². The van der Waals surface area contributed by atoms with E-state index in [1.165, 1.54) is 63.5 Å². The summed E-state index contributed by atoms with van der Waals surface area (Å²) in [5.74, 6) is -1.35. The molecule has 10 heteroatoms. The van der Waals surface area contributed by atoms with E-state index in [0.29, 0.717) is 11.1 Å². The number of aromatic nitrogens is 3. The first-order chi connectivity index (χ1) is 16.5. The molecule has 0 aliphatic rings. The summed E-state index contributed by atoms with van der Waals surface area (Å²) in [5, 5.41) is 12.8. The van der Waals surface area contributed by atoms with Crippen molar-refractivity contribution in [3.8, 4) is 11.1 Å². The summed E-state index contributed by atoms with van der Waals surface area (Å²) in [5.41, 5.74) is -0.647. The van der Waals surface area contributed by atoms with Crippen LogP contribution < -0.4 is 5.32 Å². The lowest BCUT2D eigenvalue weighted by Gasteiger charge is -2.23. The Labute approximate surface area is 203 Å². The monoisotopic (exact) mass is 504 g/mol. The van der Waals surface area contributed by atoms with Crippen molar-refractivity contribution in [1.29, 1.82) is 0 Å². The first kappa shape index (κ1) is 24.8. The van der Waals surface area contributed by atoms with Gasteiger partial charge >= 0.3 is 0 Å². The third-order valence-electron chi connectivity index (χ3n) is 5.47. The van der Waals surface area contributed by atoms with E-state index in [9.17, 15) is 18.3 Å². The SMILES string of the molecule is Cc1nc2c(F)cc(-c3cnc(C(C)(C)O)nc3)cc2c(NC(c2ccccc2F)C(F)F)c1Cl. The highest BCUT2D eigenvalue weighted by atomic mass is 35.5. The Morgan fingerprint density at radius 1 is 1.00 bits per heavy atom. The van der Waals surface area contributed by atoms with Gasteiger partial charge in [-0.05, 0) is 44.5 Å². The van der Waals surface area contributed by atoms with Gasteiger partial charge in [0, 0.05) is 28.9 Å². The molecule has 0 spiro atoms. The van der Waals surface area contributed by atoms with E-state index in [-0.39, 0.29) is 38.7 Å². The van der Waals surface area contributed by atoms with Crippen molar-refractivity contribution in [3.63, 3.8) is 0 Å². The fourth-order valence-electron chi connectivity index (χ4n) is 3.68. The standard InChI is InChI=1S/C25H21ClF4N4O/c1-12-19(26)21(34-22(23(29)30)15-6-4-5-7-17(15)27)16-8-13(9-18(28)20(16)33-12)14-10-31-24(32-11-14)25(2,3)35/h4-11,22-23,35H,1-3H3,(H,33,34). The Morgan fingerprint density at radius 2 is 1.66 bits per heavy atom. The number of aliphatic hydroxyl groups is 1. The third kappa shape index (κ3) is 4.92. The van der Waals surface area contributed by atoms with E-state index >= 15 is 4.39 Å². The number of alkyl halides is 2. The topological polar surface area (TPSA) is 70.9 Å². The molecule has 4 aromatic rings. The molecule has 2 heterocycles. The molecule has 2 aromatic carbocycles. The van der Waals surface area contributed by atoms with Crippen LogP contribution in [0.15, 0.2) is 48.8 Å². The first-order valence-corrected chi connectivity index (χ1v) is 11.0. The van der Waals surface area contributed by atoms with E-state index in [2.05, 4.69) is 20.3 Å². The molecular weight excluding hydrogens is 484 g/mol. The average molecular weight is 505 g/mol. The highest BCUT2D eigenvalue weighted by Gasteiger charge is 2.28. The number of rotatable bonds is 6. The summed E-state index contributed by atoms with van der Waals surface area (Å²) in [6.45, 7) is 4.57. The minimum Gasteiger partial charge on any atom is -0.382 e. The second-order valence-corrected chi connectivity index (χ2v) is 8.95. The van der Waals surface area contributed by atoms with E-state index in [1.54, 1.807) is 0 Å². The fourth-order valence-corrected chi connectivity index (χ4v) is 3.88. The maximum Gasteiger partial charge on any atom is 0.262 e. The summed E-state index contributed by atoms with van der Waals surface area (Å²) < 4.78 is 57.6. The predicted octanol–water partition coefficient (Wildman–Crippen LogP) is 6.58. The number of hydrogen-bond acceptors (Lipinski definition) is 5. The number of halogens is 5. The first-order valence-electron chi connectivity index (χ1n) is 10.6. The zero-order valence-electron chi connectivity index (χ0n) is 19.0. The van der Waals surface area contributed by atoms with Crippen LogP contribution in [0, 0.1) is 18.6 Å². The Balaban J connectivity index is 1.88. The third-order valence-corrected chi connectivity index (χ3v) is 5.94. The van der Waals surface area contributed by atoms with Gasteiger partial charge in [0.1, 0.15) is 28.8 Å². The highest BCUT2D eigenvalue weighted by molar-refractivity contribution is 6.35. The quantitative estimate of drug-likeness (QED) is 0.290. The van der Waals surface area contributed by atoms with Crippen LogP contribution in [0.1, 0.15) is 37.0 Å². The molecule has 4 rings (SSSR count). The Morgan fingerprint density at radius 3 is 2.26 bits per heavy atom. The molecule has 2 aromatic heterocycles. The van der Waals surface area contributed by atoms with E-state index in [4.69, 9.17) is 11.6 Å². The molecule has 0 aliphatic carbocycles. The maximum atomic E-state index is 15.2. The number of aryl methyl sites for hydroxylation is 1. The van der Waals surface area contributed by atoms with Crippen LogP contribution in [0.2, 0.25) is 5.02 Å². The van der Waals surface area contributed by atoms with Crippen molar-refractivity contribution in [1.82, 2.24) is 15.0 Å². The van der Waals surface area contributed by atoms with Gasteiger partial charge in [-0.2, -0.15) is 0 Å². The van der Waals surface area contributed by atoms with Gasteiger partial charge in [-0.3, -0.25) is 0 Å². The summed E-state index contributed by atoms with van der Waals surface area (Å²) in [4.78, 5) is 12.4. The molecule has 0 saturated heterocycles. The molecule has 182 valence electrons. The highest BCUT2D eigenvalue weighted by Crippen LogP contribution is 2.39. The van der Waals surface area contributed by atoms with Gasteiger partial charge < -0.3 is 10.4 Å². The predicted molar refractivity (Wildman–Crippen MR) is 126 cm³/mol. The molecule has 0 fully saturated rings. The van der Waals surface area contributed by atoms with Gasteiger partial charge in [0.05, 0.1) is 16.4 Å². The zero-order valence-corrected chi connectivity index (χ0v) is 19.7. The molecule has 5 nitrogen and oxygen atoms in total. The zero-order chi connectivity index (χ0) is 25.5. The fraction of sp³-hybridized carbons (Fsp3) is 0.240. The molecule has 0 amide bonds.